The van der Waals surface area contributed by atoms with Gasteiger partial charge in [-0.3, -0.25) is 24.6 Å². The number of carbonyl (C=O) groups excluding carboxylic acids is 3. The standard InChI is InChI=1S/C35H41N5O5/c1-22-3-6-26(21-44-20-22)38(2)32-11-5-24-15-23(4-9-30(24)36-32)17-39-14-13-28(19-39)45-27-7-8-29-25(16-27)18-40(35(29)43)31-10-12-33(41)37-34(31)42/h4-5,7-9,11,15-16,22,26,28,31H,3,6,10,12-14,17-21H2,1-2H3,(H,37,41,42)/t22-,26+,28+,31?/m1/s1. The van der Waals surface area contributed by atoms with Crippen molar-refractivity contribution in [3.63, 3.8) is 0 Å². The third kappa shape index (κ3) is 6.26. The number of likely N-dealkylation sites (tertiary alicyclic amines) is 1. The van der Waals surface area contributed by atoms with Crippen molar-refractivity contribution < 1.29 is 23.9 Å². The molecule has 4 aliphatic rings. The van der Waals surface area contributed by atoms with E-state index >= 15 is 0 Å². The zero-order valence-electron chi connectivity index (χ0n) is 26.0. The van der Waals surface area contributed by atoms with Crippen molar-refractivity contribution in [1.82, 2.24) is 20.1 Å². The van der Waals surface area contributed by atoms with Gasteiger partial charge in [0.2, 0.25) is 11.8 Å². The topological polar surface area (TPSA) is 104 Å². The number of pyridine rings is 1. The molecule has 0 spiro atoms. The Bertz CT molecular complexity index is 1630. The summed E-state index contributed by atoms with van der Waals surface area (Å²) in [6, 6.07) is 16.1. The lowest BCUT2D eigenvalue weighted by Crippen LogP contribution is -2.52. The second-order valence-corrected chi connectivity index (χ2v) is 13.2. The van der Waals surface area contributed by atoms with Crippen LogP contribution >= 0.6 is 0 Å². The maximum atomic E-state index is 13.0. The summed E-state index contributed by atoms with van der Waals surface area (Å²) in [6.45, 7) is 6.79. The Morgan fingerprint density at radius 2 is 1.91 bits per heavy atom. The van der Waals surface area contributed by atoms with Gasteiger partial charge in [-0.15, -0.1) is 0 Å². The number of hydrogen-bond acceptors (Lipinski definition) is 8. The fourth-order valence-electron chi connectivity index (χ4n) is 7.11. The first-order valence-corrected chi connectivity index (χ1v) is 16.2. The number of piperidine rings is 1. The van der Waals surface area contributed by atoms with Gasteiger partial charge in [-0.25, -0.2) is 4.98 Å². The summed E-state index contributed by atoms with van der Waals surface area (Å²) in [5.41, 5.74) is 3.70. The quantitative estimate of drug-likeness (QED) is 0.402. The minimum atomic E-state index is -0.616. The molecule has 10 nitrogen and oxygen atoms in total. The molecule has 3 amide bonds. The van der Waals surface area contributed by atoms with Gasteiger partial charge in [0.15, 0.2) is 0 Å². The Balaban J connectivity index is 0.945. The monoisotopic (exact) mass is 611 g/mol. The van der Waals surface area contributed by atoms with Crippen LogP contribution in [0.4, 0.5) is 5.82 Å². The van der Waals surface area contributed by atoms with Crippen molar-refractivity contribution in [2.24, 2.45) is 5.92 Å². The van der Waals surface area contributed by atoms with Crippen molar-refractivity contribution in [1.29, 1.82) is 0 Å². The van der Waals surface area contributed by atoms with Gasteiger partial charge in [-0.2, -0.15) is 0 Å². The highest BCUT2D eigenvalue weighted by Gasteiger charge is 2.39. The molecule has 0 saturated carbocycles. The maximum Gasteiger partial charge on any atom is 0.255 e. The number of hydrogen-bond donors (Lipinski definition) is 1. The number of carbonyl (C=O) groups is 3. The van der Waals surface area contributed by atoms with Gasteiger partial charge in [0.25, 0.3) is 5.91 Å². The molecular weight excluding hydrogens is 570 g/mol. The number of fused-ring (bicyclic) bond motifs is 2. The number of likely N-dealkylation sites (N-methyl/N-ethyl adjacent to an activating group) is 1. The van der Waals surface area contributed by atoms with E-state index in [1.165, 1.54) is 12.0 Å². The van der Waals surface area contributed by atoms with Crippen molar-refractivity contribution in [2.45, 2.75) is 70.3 Å². The van der Waals surface area contributed by atoms with E-state index in [4.69, 9.17) is 14.5 Å². The summed E-state index contributed by atoms with van der Waals surface area (Å²) >= 11 is 0. The molecule has 3 fully saturated rings. The normalized spacial score (nSPS) is 25.7. The first-order valence-electron chi connectivity index (χ1n) is 16.2. The fraction of sp³-hybridized carbons (Fsp3) is 0.486. The summed E-state index contributed by atoms with van der Waals surface area (Å²) in [5.74, 6) is 1.47. The summed E-state index contributed by atoms with van der Waals surface area (Å²) in [5, 5.41) is 3.49. The number of anilines is 1. The van der Waals surface area contributed by atoms with E-state index in [1.807, 2.05) is 12.1 Å². The molecule has 3 aromatic rings. The van der Waals surface area contributed by atoms with E-state index in [0.29, 0.717) is 30.5 Å². The van der Waals surface area contributed by atoms with Crippen molar-refractivity contribution >= 4 is 34.4 Å². The molecule has 1 aromatic heterocycles. The highest BCUT2D eigenvalue weighted by atomic mass is 16.5. The number of amides is 3. The molecule has 7 rings (SSSR count). The molecule has 3 saturated heterocycles. The van der Waals surface area contributed by atoms with Crippen LogP contribution in [0.1, 0.15) is 60.5 Å². The molecule has 2 aromatic carbocycles. The predicted octanol–water partition coefficient (Wildman–Crippen LogP) is 3.90. The molecule has 1 N–H and O–H groups in total. The Hall–Kier alpha value is -4.02. The van der Waals surface area contributed by atoms with Crippen molar-refractivity contribution in [3.05, 3.63) is 65.2 Å². The lowest BCUT2D eigenvalue weighted by molar-refractivity contribution is -0.136. The Morgan fingerprint density at radius 1 is 1.02 bits per heavy atom. The number of aromatic nitrogens is 1. The molecule has 5 heterocycles. The Kier molecular flexibility index (Phi) is 8.18. The Labute approximate surface area is 263 Å². The molecule has 1 unspecified atom stereocenters. The molecular formula is C35H41N5O5. The van der Waals surface area contributed by atoms with Crippen LogP contribution in [-0.4, -0.2) is 84.0 Å². The van der Waals surface area contributed by atoms with Gasteiger partial charge in [0.1, 0.15) is 23.7 Å². The maximum absolute atomic E-state index is 13.0. The van der Waals surface area contributed by atoms with E-state index in [-0.39, 0.29) is 24.3 Å². The van der Waals surface area contributed by atoms with E-state index in [1.54, 1.807) is 11.0 Å². The zero-order valence-corrected chi connectivity index (χ0v) is 26.0. The van der Waals surface area contributed by atoms with Gasteiger partial charge in [0.05, 0.1) is 18.2 Å². The number of benzene rings is 2. The average molecular weight is 612 g/mol. The molecule has 4 atom stereocenters. The smallest absolute Gasteiger partial charge is 0.255 e. The zero-order chi connectivity index (χ0) is 31.1. The molecule has 45 heavy (non-hydrogen) atoms. The molecule has 4 aliphatic heterocycles. The average Bonchev–Trinajstić information content (AvgIpc) is 3.52. The minimum Gasteiger partial charge on any atom is -0.489 e. The van der Waals surface area contributed by atoms with E-state index in [2.05, 4.69) is 59.4 Å². The summed E-state index contributed by atoms with van der Waals surface area (Å²) in [7, 11) is 2.12. The summed E-state index contributed by atoms with van der Waals surface area (Å²) in [6.07, 6.45) is 3.87. The largest absolute Gasteiger partial charge is 0.489 e. The third-order valence-corrected chi connectivity index (χ3v) is 9.79. The van der Waals surface area contributed by atoms with Gasteiger partial charge in [-0.05, 0) is 85.2 Å². The van der Waals surface area contributed by atoms with Gasteiger partial charge in [0, 0.05) is 57.2 Å². The second-order valence-electron chi connectivity index (χ2n) is 13.2. The lowest BCUT2D eigenvalue weighted by atomic mass is 10.0. The van der Waals surface area contributed by atoms with Gasteiger partial charge >= 0.3 is 0 Å². The van der Waals surface area contributed by atoms with E-state index < -0.39 is 11.9 Å². The fourth-order valence-corrected chi connectivity index (χ4v) is 7.11. The summed E-state index contributed by atoms with van der Waals surface area (Å²) in [4.78, 5) is 48.1. The molecule has 0 bridgehead atoms. The number of nitrogens with zero attached hydrogens (tertiary/aromatic N) is 4. The van der Waals surface area contributed by atoms with Crippen LogP contribution in [0.15, 0.2) is 48.5 Å². The Morgan fingerprint density at radius 3 is 2.78 bits per heavy atom. The second kappa shape index (κ2) is 12.4. The summed E-state index contributed by atoms with van der Waals surface area (Å²) < 4.78 is 12.3. The third-order valence-electron chi connectivity index (χ3n) is 9.79. The van der Waals surface area contributed by atoms with Crippen LogP contribution in [0.5, 0.6) is 5.75 Å². The minimum absolute atomic E-state index is 0.0579. The first-order chi connectivity index (χ1) is 21.8. The van der Waals surface area contributed by atoms with Crippen LogP contribution in [-0.2, 0) is 27.4 Å². The van der Waals surface area contributed by atoms with Crippen molar-refractivity contribution in [2.75, 3.05) is 38.3 Å². The number of ether oxygens (including phenoxy) is 2. The number of rotatable bonds is 7. The highest BCUT2D eigenvalue weighted by molar-refractivity contribution is 6.05. The van der Waals surface area contributed by atoms with Gasteiger partial charge < -0.3 is 19.3 Å². The van der Waals surface area contributed by atoms with Crippen LogP contribution in [0.3, 0.4) is 0 Å². The molecule has 0 radical (unpaired) electrons. The molecule has 10 heteroatoms. The molecule has 236 valence electrons. The predicted molar refractivity (Wildman–Crippen MR) is 170 cm³/mol. The lowest BCUT2D eigenvalue weighted by Gasteiger charge is -2.29. The van der Waals surface area contributed by atoms with Crippen LogP contribution in [0, 0.1) is 5.92 Å². The first kappa shape index (κ1) is 29.7. The van der Waals surface area contributed by atoms with Crippen LogP contribution < -0.4 is 15.0 Å². The van der Waals surface area contributed by atoms with E-state index in [9.17, 15) is 14.4 Å². The van der Waals surface area contributed by atoms with Crippen LogP contribution in [0.2, 0.25) is 0 Å². The molecule has 0 aliphatic carbocycles. The number of imide groups is 1. The van der Waals surface area contributed by atoms with Gasteiger partial charge in [-0.1, -0.05) is 13.0 Å². The highest BCUT2D eigenvalue weighted by Crippen LogP contribution is 2.31. The van der Waals surface area contributed by atoms with E-state index in [0.717, 1.165) is 73.7 Å². The SMILES string of the molecule is C[C@@H]1CC[C@H](N(C)c2ccc3cc(CN4CC[C@H](Oc5ccc6c(c5)CN(C5CCC(=O)NC5=O)C6=O)C4)ccc3n2)COC1. The van der Waals surface area contributed by atoms with Crippen molar-refractivity contribution in [3.8, 4) is 5.75 Å². The number of nitrogens with one attached hydrogen (secondary N) is 1. The van der Waals surface area contributed by atoms with Crippen LogP contribution in [0.25, 0.3) is 10.9 Å².